The van der Waals surface area contributed by atoms with Gasteiger partial charge in [-0.15, -0.1) is 0 Å². The SMILES string of the molecule is CC1=CC=C(N2CCC(C(C)C)=CC2=O)CC1. The van der Waals surface area contributed by atoms with Crippen LogP contribution in [0.25, 0.3) is 0 Å². The topological polar surface area (TPSA) is 20.3 Å². The van der Waals surface area contributed by atoms with Crippen LogP contribution >= 0.6 is 0 Å². The van der Waals surface area contributed by atoms with E-state index in [0.717, 1.165) is 25.8 Å². The number of hydrogen-bond acceptors (Lipinski definition) is 1. The fourth-order valence-electron chi connectivity index (χ4n) is 2.36. The molecule has 92 valence electrons. The highest BCUT2D eigenvalue weighted by molar-refractivity contribution is 5.90. The summed E-state index contributed by atoms with van der Waals surface area (Å²) in [5.41, 5.74) is 3.87. The standard InChI is InChI=1S/C15H21NO/c1-11(2)13-8-9-16(15(17)10-13)14-6-4-12(3)5-7-14/h4,6,10-11H,5,7-9H2,1-3H3. The molecule has 0 aromatic heterocycles. The lowest BCUT2D eigenvalue weighted by Gasteiger charge is -2.31. The minimum absolute atomic E-state index is 0.166. The lowest BCUT2D eigenvalue weighted by atomic mass is 9.95. The van der Waals surface area contributed by atoms with Crippen molar-refractivity contribution in [2.45, 2.75) is 40.0 Å². The van der Waals surface area contributed by atoms with Crippen LogP contribution in [0.5, 0.6) is 0 Å². The van der Waals surface area contributed by atoms with Gasteiger partial charge in [0.15, 0.2) is 0 Å². The summed E-state index contributed by atoms with van der Waals surface area (Å²) in [6.07, 6.45) is 9.16. The van der Waals surface area contributed by atoms with Crippen molar-refractivity contribution in [2.75, 3.05) is 6.54 Å². The molecule has 0 bridgehead atoms. The van der Waals surface area contributed by atoms with E-state index in [0.29, 0.717) is 5.92 Å². The number of carbonyl (C=O) groups excluding carboxylic acids is 1. The van der Waals surface area contributed by atoms with Crippen LogP contribution in [0.4, 0.5) is 0 Å². The molecule has 0 aromatic carbocycles. The van der Waals surface area contributed by atoms with Crippen molar-refractivity contribution in [1.82, 2.24) is 4.90 Å². The molecule has 1 aliphatic heterocycles. The fraction of sp³-hybridized carbons (Fsp3) is 0.533. The van der Waals surface area contributed by atoms with E-state index in [2.05, 4.69) is 32.9 Å². The van der Waals surface area contributed by atoms with Crippen LogP contribution in [0.1, 0.15) is 40.0 Å². The van der Waals surface area contributed by atoms with Gasteiger partial charge in [-0.05, 0) is 38.2 Å². The fourth-order valence-corrected chi connectivity index (χ4v) is 2.36. The van der Waals surface area contributed by atoms with Crippen molar-refractivity contribution >= 4 is 5.91 Å². The summed E-state index contributed by atoms with van der Waals surface area (Å²) in [6, 6.07) is 0. The molecule has 2 rings (SSSR count). The Morgan fingerprint density at radius 3 is 2.47 bits per heavy atom. The molecule has 0 spiro atoms. The predicted octanol–water partition coefficient (Wildman–Crippen LogP) is 3.43. The Balaban J connectivity index is 2.13. The smallest absolute Gasteiger partial charge is 0.250 e. The van der Waals surface area contributed by atoms with E-state index in [1.165, 1.54) is 16.8 Å². The van der Waals surface area contributed by atoms with Crippen molar-refractivity contribution in [3.05, 3.63) is 35.1 Å². The van der Waals surface area contributed by atoms with Gasteiger partial charge in [-0.25, -0.2) is 0 Å². The van der Waals surface area contributed by atoms with Gasteiger partial charge in [-0.3, -0.25) is 4.79 Å². The third kappa shape index (κ3) is 2.68. The molecule has 0 aromatic rings. The third-order valence-corrected chi connectivity index (χ3v) is 3.62. The maximum absolute atomic E-state index is 12.1. The molecule has 1 amide bonds. The molecule has 0 unspecified atom stereocenters. The molecule has 0 saturated carbocycles. The second-order valence-electron chi connectivity index (χ2n) is 5.28. The molecule has 0 fully saturated rings. The Morgan fingerprint density at radius 1 is 1.18 bits per heavy atom. The average Bonchev–Trinajstić information content (AvgIpc) is 2.30. The first-order valence-corrected chi connectivity index (χ1v) is 6.46. The molecule has 2 aliphatic rings. The number of nitrogens with zero attached hydrogens (tertiary/aromatic N) is 1. The van der Waals surface area contributed by atoms with Crippen LogP contribution in [-0.4, -0.2) is 17.4 Å². The minimum Gasteiger partial charge on any atom is -0.312 e. The lowest BCUT2D eigenvalue weighted by Crippen LogP contribution is -2.34. The summed E-state index contributed by atoms with van der Waals surface area (Å²) < 4.78 is 0. The third-order valence-electron chi connectivity index (χ3n) is 3.62. The van der Waals surface area contributed by atoms with Crippen LogP contribution in [0.2, 0.25) is 0 Å². The first-order chi connectivity index (χ1) is 8.08. The maximum Gasteiger partial charge on any atom is 0.250 e. The van der Waals surface area contributed by atoms with Gasteiger partial charge in [0.1, 0.15) is 0 Å². The summed E-state index contributed by atoms with van der Waals surface area (Å²) in [7, 11) is 0. The number of amides is 1. The molecule has 0 radical (unpaired) electrons. The van der Waals surface area contributed by atoms with Crippen molar-refractivity contribution in [1.29, 1.82) is 0 Å². The lowest BCUT2D eigenvalue weighted by molar-refractivity contribution is -0.125. The average molecular weight is 231 g/mol. The molecule has 0 atom stereocenters. The zero-order chi connectivity index (χ0) is 12.4. The molecule has 17 heavy (non-hydrogen) atoms. The monoisotopic (exact) mass is 231 g/mol. The van der Waals surface area contributed by atoms with Crippen molar-refractivity contribution in [3.63, 3.8) is 0 Å². The second kappa shape index (κ2) is 4.91. The molecule has 1 aliphatic carbocycles. The largest absolute Gasteiger partial charge is 0.312 e. The summed E-state index contributed by atoms with van der Waals surface area (Å²) in [4.78, 5) is 14.0. The summed E-state index contributed by atoms with van der Waals surface area (Å²) in [5.74, 6) is 0.655. The number of hydrogen-bond donors (Lipinski definition) is 0. The van der Waals surface area contributed by atoms with Crippen LogP contribution in [0.15, 0.2) is 35.1 Å². The van der Waals surface area contributed by atoms with Gasteiger partial charge in [-0.1, -0.05) is 31.1 Å². The van der Waals surface area contributed by atoms with Crippen LogP contribution in [0.3, 0.4) is 0 Å². The minimum atomic E-state index is 0.166. The van der Waals surface area contributed by atoms with E-state index in [9.17, 15) is 4.79 Å². The molecular formula is C15H21NO. The molecule has 0 saturated heterocycles. The van der Waals surface area contributed by atoms with Crippen molar-refractivity contribution in [3.8, 4) is 0 Å². The van der Waals surface area contributed by atoms with Crippen LogP contribution in [0, 0.1) is 5.92 Å². The number of rotatable bonds is 2. The van der Waals surface area contributed by atoms with E-state index in [1.54, 1.807) is 0 Å². The van der Waals surface area contributed by atoms with Gasteiger partial charge in [0.2, 0.25) is 0 Å². The summed E-state index contributed by atoms with van der Waals surface area (Å²) in [6.45, 7) is 7.30. The van der Waals surface area contributed by atoms with Gasteiger partial charge < -0.3 is 4.90 Å². The second-order valence-corrected chi connectivity index (χ2v) is 5.28. The summed E-state index contributed by atoms with van der Waals surface area (Å²) >= 11 is 0. The van der Waals surface area contributed by atoms with Crippen LogP contribution < -0.4 is 0 Å². The molecule has 1 heterocycles. The Kier molecular flexibility index (Phi) is 3.51. The van der Waals surface area contributed by atoms with E-state index in [4.69, 9.17) is 0 Å². The van der Waals surface area contributed by atoms with Gasteiger partial charge >= 0.3 is 0 Å². The van der Waals surface area contributed by atoms with E-state index >= 15 is 0 Å². The normalized spacial score (nSPS) is 21.3. The quantitative estimate of drug-likeness (QED) is 0.713. The highest BCUT2D eigenvalue weighted by atomic mass is 16.2. The van der Waals surface area contributed by atoms with Gasteiger partial charge in [0.05, 0.1) is 0 Å². The van der Waals surface area contributed by atoms with E-state index in [1.807, 2.05) is 11.0 Å². The van der Waals surface area contributed by atoms with Crippen molar-refractivity contribution in [2.24, 2.45) is 5.92 Å². The Morgan fingerprint density at radius 2 is 1.94 bits per heavy atom. The zero-order valence-corrected chi connectivity index (χ0v) is 11.0. The first-order valence-electron chi connectivity index (χ1n) is 6.46. The van der Waals surface area contributed by atoms with Gasteiger partial charge in [-0.2, -0.15) is 0 Å². The van der Waals surface area contributed by atoms with Crippen molar-refractivity contribution < 1.29 is 4.79 Å². The van der Waals surface area contributed by atoms with Crippen LogP contribution in [-0.2, 0) is 4.79 Å². The number of carbonyl (C=O) groups is 1. The van der Waals surface area contributed by atoms with Gasteiger partial charge in [0, 0.05) is 18.3 Å². The Bertz CT molecular complexity index is 413. The van der Waals surface area contributed by atoms with E-state index in [-0.39, 0.29) is 5.91 Å². The predicted molar refractivity (Wildman–Crippen MR) is 70.3 cm³/mol. The highest BCUT2D eigenvalue weighted by Crippen LogP contribution is 2.26. The molecular weight excluding hydrogens is 210 g/mol. The molecule has 0 N–H and O–H groups in total. The Labute approximate surface area is 104 Å². The molecule has 2 heteroatoms. The number of allylic oxidation sites excluding steroid dienone is 4. The summed E-state index contributed by atoms with van der Waals surface area (Å²) in [5, 5.41) is 0. The highest BCUT2D eigenvalue weighted by Gasteiger charge is 2.23. The van der Waals surface area contributed by atoms with Gasteiger partial charge in [0.25, 0.3) is 5.91 Å². The maximum atomic E-state index is 12.1. The first kappa shape index (κ1) is 12.2. The molecule has 2 nitrogen and oxygen atoms in total. The Hall–Kier alpha value is -1.31. The zero-order valence-electron chi connectivity index (χ0n) is 11.0. The van der Waals surface area contributed by atoms with E-state index < -0.39 is 0 Å².